The van der Waals surface area contributed by atoms with Gasteiger partial charge in [0, 0.05) is 20.0 Å². The van der Waals surface area contributed by atoms with E-state index in [1.165, 1.54) is 32.2 Å². The highest BCUT2D eigenvalue weighted by Crippen LogP contribution is 2.32. The zero-order valence-corrected chi connectivity index (χ0v) is 11.6. The van der Waals surface area contributed by atoms with Crippen molar-refractivity contribution in [1.82, 2.24) is 10.6 Å². The number of ether oxygens (including phenoxy) is 2. The molecule has 0 aromatic heterocycles. The molecular weight excluding hydrogens is 286 g/mol. The number of rotatable bonds is 7. The molecule has 116 valence electrons. The van der Waals surface area contributed by atoms with Gasteiger partial charge >= 0.3 is 6.61 Å². The van der Waals surface area contributed by atoms with Crippen LogP contribution in [0.15, 0.2) is 18.2 Å². The second-order valence-corrected chi connectivity index (χ2v) is 3.95. The van der Waals surface area contributed by atoms with E-state index >= 15 is 0 Å². The van der Waals surface area contributed by atoms with E-state index in [1.807, 2.05) is 0 Å². The van der Waals surface area contributed by atoms with Crippen LogP contribution in [0.3, 0.4) is 0 Å². The Bertz CT molecular complexity index is 509. The normalized spacial score (nSPS) is 10.1. The summed E-state index contributed by atoms with van der Waals surface area (Å²) in [6.07, 6.45) is 0. The Morgan fingerprint density at radius 3 is 2.48 bits per heavy atom. The van der Waals surface area contributed by atoms with E-state index in [-0.39, 0.29) is 36.1 Å². The second-order valence-electron chi connectivity index (χ2n) is 3.95. The predicted octanol–water partition coefficient (Wildman–Crippen LogP) is 1.16. The Hall–Kier alpha value is -2.38. The van der Waals surface area contributed by atoms with E-state index in [9.17, 15) is 18.4 Å². The fraction of sp³-hybridized carbons (Fsp3) is 0.385. The highest BCUT2D eigenvalue weighted by atomic mass is 19.3. The first-order valence-corrected chi connectivity index (χ1v) is 6.10. The topological polar surface area (TPSA) is 76.7 Å². The minimum absolute atomic E-state index is 0.0322. The Balaban J connectivity index is 2.80. The Morgan fingerprint density at radius 1 is 1.24 bits per heavy atom. The molecule has 0 saturated carbocycles. The van der Waals surface area contributed by atoms with Crippen LogP contribution in [0.25, 0.3) is 0 Å². The van der Waals surface area contributed by atoms with Crippen LogP contribution < -0.4 is 20.1 Å². The van der Waals surface area contributed by atoms with Crippen LogP contribution in [0.2, 0.25) is 0 Å². The van der Waals surface area contributed by atoms with Gasteiger partial charge in [0.15, 0.2) is 11.5 Å². The standard InChI is InChI=1S/C13H16F2N2O4/c1-8(18)16-6-7-17-12(19)9-4-3-5-10(20-2)11(9)21-13(14)15/h3-5,13H,6-7H2,1-2H3,(H,16,18)(H,17,19). The second kappa shape index (κ2) is 8.03. The zero-order valence-electron chi connectivity index (χ0n) is 11.6. The van der Waals surface area contributed by atoms with Crippen molar-refractivity contribution in [1.29, 1.82) is 0 Å². The number of benzene rings is 1. The Labute approximate surface area is 120 Å². The molecule has 0 atom stereocenters. The fourth-order valence-electron chi connectivity index (χ4n) is 1.58. The summed E-state index contributed by atoms with van der Waals surface area (Å²) in [5.41, 5.74) is -0.0718. The molecule has 0 aliphatic rings. The average molecular weight is 302 g/mol. The smallest absolute Gasteiger partial charge is 0.387 e. The number of alkyl halides is 2. The quantitative estimate of drug-likeness (QED) is 0.741. The van der Waals surface area contributed by atoms with Gasteiger partial charge in [0.1, 0.15) is 0 Å². The first-order chi connectivity index (χ1) is 9.95. The van der Waals surface area contributed by atoms with E-state index in [0.29, 0.717) is 0 Å². The SMILES string of the molecule is COc1cccc(C(=O)NCCNC(C)=O)c1OC(F)F. The maximum atomic E-state index is 12.4. The molecule has 1 aromatic carbocycles. The fourth-order valence-corrected chi connectivity index (χ4v) is 1.58. The monoisotopic (exact) mass is 302 g/mol. The third kappa shape index (κ3) is 5.25. The Kier molecular flexibility index (Phi) is 6.38. The van der Waals surface area contributed by atoms with Crippen molar-refractivity contribution in [3.05, 3.63) is 23.8 Å². The van der Waals surface area contributed by atoms with Gasteiger partial charge in [-0.15, -0.1) is 0 Å². The Morgan fingerprint density at radius 2 is 1.90 bits per heavy atom. The van der Waals surface area contributed by atoms with E-state index in [2.05, 4.69) is 15.4 Å². The number of hydrogen-bond donors (Lipinski definition) is 2. The lowest BCUT2D eigenvalue weighted by Crippen LogP contribution is -2.33. The molecular formula is C13H16F2N2O4. The summed E-state index contributed by atoms with van der Waals surface area (Å²) in [6.45, 7) is -1.34. The van der Waals surface area contributed by atoms with Crippen LogP contribution in [0.4, 0.5) is 8.78 Å². The third-order valence-electron chi connectivity index (χ3n) is 2.43. The van der Waals surface area contributed by atoms with Crippen LogP contribution in [0.5, 0.6) is 11.5 Å². The van der Waals surface area contributed by atoms with Crippen LogP contribution in [0.1, 0.15) is 17.3 Å². The maximum absolute atomic E-state index is 12.4. The van der Waals surface area contributed by atoms with Crippen molar-refractivity contribution in [3.8, 4) is 11.5 Å². The first kappa shape index (κ1) is 16.7. The number of carbonyl (C=O) groups excluding carboxylic acids is 2. The lowest BCUT2D eigenvalue weighted by atomic mass is 10.1. The lowest BCUT2D eigenvalue weighted by Gasteiger charge is -2.14. The van der Waals surface area contributed by atoms with Gasteiger partial charge in [0.2, 0.25) is 5.91 Å². The molecule has 0 aliphatic heterocycles. The number of methoxy groups -OCH3 is 1. The average Bonchev–Trinajstić information content (AvgIpc) is 2.42. The summed E-state index contributed by atoms with van der Waals surface area (Å²) in [7, 11) is 1.28. The van der Waals surface area contributed by atoms with Gasteiger partial charge in [0.05, 0.1) is 12.7 Å². The maximum Gasteiger partial charge on any atom is 0.387 e. The van der Waals surface area contributed by atoms with Crippen LogP contribution in [-0.4, -0.2) is 38.6 Å². The van der Waals surface area contributed by atoms with Crippen molar-refractivity contribution < 1.29 is 27.8 Å². The molecule has 0 heterocycles. The molecule has 8 heteroatoms. The summed E-state index contributed by atoms with van der Waals surface area (Å²) in [6, 6.07) is 4.24. The molecule has 0 fully saturated rings. The molecule has 1 rings (SSSR count). The van der Waals surface area contributed by atoms with Crippen LogP contribution in [0, 0.1) is 0 Å². The number of hydrogen-bond acceptors (Lipinski definition) is 4. The number of amides is 2. The largest absolute Gasteiger partial charge is 0.493 e. The summed E-state index contributed by atoms with van der Waals surface area (Å²) in [4.78, 5) is 22.6. The molecule has 0 saturated heterocycles. The predicted molar refractivity (Wildman–Crippen MR) is 70.6 cm³/mol. The van der Waals surface area contributed by atoms with Gasteiger partial charge in [-0.05, 0) is 12.1 Å². The molecule has 0 radical (unpaired) electrons. The number of carbonyl (C=O) groups is 2. The first-order valence-electron chi connectivity index (χ1n) is 6.10. The van der Waals surface area contributed by atoms with Crippen LogP contribution >= 0.6 is 0 Å². The van der Waals surface area contributed by atoms with Gasteiger partial charge < -0.3 is 20.1 Å². The van der Waals surface area contributed by atoms with Gasteiger partial charge in [0.25, 0.3) is 5.91 Å². The zero-order chi connectivity index (χ0) is 15.8. The van der Waals surface area contributed by atoms with E-state index < -0.39 is 12.5 Å². The molecule has 2 amide bonds. The number of nitrogens with one attached hydrogen (secondary N) is 2. The van der Waals surface area contributed by atoms with Gasteiger partial charge in [-0.3, -0.25) is 9.59 Å². The summed E-state index contributed by atoms with van der Waals surface area (Å²) in [5.74, 6) is -1.13. The molecule has 21 heavy (non-hydrogen) atoms. The molecule has 0 bridgehead atoms. The third-order valence-corrected chi connectivity index (χ3v) is 2.43. The van der Waals surface area contributed by atoms with Crippen molar-refractivity contribution in [2.75, 3.05) is 20.2 Å². The van der Waals surface area contributed by atoms with Crippen molar-refractivity contribution in [3.63, 3.8) is 0 Å². The minimum atomic E-state index is -3.08. The van der Waals surface area contributed by atoms with Gasteiger partial charge in [-0.25, -0.2) is 0 Å². The minimum Gasteiger partial charge on any atom is -0.493 e. The van der Waals surface area contributed by atoms with Gasteiger partial charge in [-0.2, -0.15) is 8.78 Å². The van der Waals surface area contributed by atoms with Crippen LogP contribution in [-0.2, 0) is 4.79 Å². The highest BCUT2D eigenvalue weighted by molar-refractivity contribution is 5.97. The molecule has 6 nitrogen and oxygen atoms in total. The van der Waals surface area contributed by atoms with Crippen molar-refractivity contribution in [2.45, 2.75) is 13.5 Å². The van der Waals surface area contributed by atoms with E-state index in [1.54, 1.807) is 0 Å². The number of halogens is 2. The van der Waals surface area contributed by atoms with Gasteiger partial charge in [-0.1, -0.05) is 6.07 Å². The van der Waals surface area contributed by atoms with Crippen molar-refractivity contribution >= 4 is 11.8 Å². The summed E-state index contributed by atoms with van der Waals surface area (Å²) < 4.78 is 34.1. The highest BCUT2D eigenvalue weighted by Gasteiger charge is 2.19. The van der Waals surface area contributed by atoms with E-state index in [4.69, 9.17) is 4.74 Å². The van der Waals surface area contributed by atoms with E-state index in [0.717, 1.165) is 0 Å². The van der Waals surface area contributed by atoms with Crippen molar-refractivity contribution in [2.24, 2.45) is 0 Å². The number of para-hydroxylation sites is 1. The molecule has 1 aromatic rings. The molecule has 0 aliphatic carbocycles. The molecule has 0 spiro atoms. The summed E-state index contributed by atoms with van der Waals surface area (Å²) in [5, 5.41) is 4.98. The molecule has 0 unspecified atom stereocenters. The summed E-state index contributed by atoms with van der Waals surface area (Å²) >= 11 is 0. The lowest BCUT2D eigenvalue weighted by molar-refractivity contribution is -0.118. The molecule has 2 N–H and O–H groups in total.